The number of para-hydroxylation sites is 2. The van der Waals surface area contributed by atoms with Crippen molar-refractivity contribution < 1.29 is 9.47 Å². The van der Waals surface area contributed by atoms with E-state index < -0.39 is 0 Å². The quantitative estimate of drug-likeness (QED) is 0.540. The number of methoxy groups -OCH3 is 2. The molecule has 0 fully saturated rings. The third-order valence-electron chi connectivity index (χ3n) is 4.30. The van der Waals surface area contributed by atoms with Crippen molar-refractivity contribution in [1.29, 1.82) is 0 Å². The molecule has 2 radical (unpaired) electrons. The van der Waals surface area contributed by atoms with Crippen molar-refractivity contribution in [2.45, 2.75) is 38.5 Å². The Labute approximate surface area is 146 Å². The summed E-state index contributed by atoms with van der Waals surface area (Å²) in [6, 6.07) is 16.6. The van der Waals surface area contributed by atoms with Crippen LogP contribution in [0.15, 0.2) is 48.5 Å². The van der Waals surface area contributed by atoms with E-state index in [-0.39, 0.29) is 0 Å². The summed E-state index contributed by atoms with van der Waals surface area (Å²) in [6.45, 7) is 3.96. The average molecular weight is 324 g/mol. The molecule has 0 saturated heterocycles. The summed E-state index contributed by atoms with van der Waals surface area (Å²) in [5.41, 5.74) is 2.50. The van der Waals surface area contributed by atoms with Gasteiger partial charge in [0.05, 0.1) is 14.2 Å². The van der Waals surface area contributed by atoms with Crippen LogP contribution in [0.1, 0.15) is 36.8 Å². The first-order valence-corrected chi connectivity index (χ1v) is 8.65. The number of benzene rings is 2. The van der Waals surface area contributed by atoms with Crippen molar-refractivity contribution >= 4 is 0 Å². The van der Waals surface area contributed by atoms with E-state index in [2.05, 4.69) is 31.2 Å². The molecule has 0 heterocycles. The standard InChI is InChI=1S/C22H28O2/c1-4-5-6-11-18(16-19-12-7-9-14-21(19)23-2)17-20-13-8-10-15-22(20)24-3/h7-10,12-15H,1,4-6,11,16-17H2,2-3H3. The lowest BCUT2D eigenvalue weighted by Gasteiger charge is -2.19. The molecular formula is C22H28O2. The van der Waals surface area contributed by atoms with Gasteiger partial charge < -0.3 is 9.47 Å². The van der Waals surface area contributed by atoms with Gasteiger partial charge in [-0.3, -0.25) is 0 Å². The van der Waals surface area contributed by atoms with Crippen molar-refractivity contribution in [2.24, 2.45) is 0 Å². The second-order valence-corrected chi connectivity index (χ2v) is 6.04. The van der Waals surface area contributed by atoms with Crippen LogP contribution in [0.5, 0.6) is 11.5 Å². The highest BCUT2D eigenvalue weighted by atomic mass is 16.5. The van der Waals surface area contributed by atoms with E-state index in [1.165, 1.54) is 29.9 Å². The molecule has 0 aliphatic carbocycles. The first kappa shape index (κ1) is 18.4. The fourth-order valence-electron chi connectivity index (χ4n) is 3.03. The Morgan fingerprint density at radius 3 is 1.75 bits per heavy atom. The van der Waals surface area contributed by atoms with E-state index in [9.17, 15) is 0 Å². The molecule has 0 atom stereocenters. The minimum atomic E-state index is 0.944. The van der Waals surface area contributed by atoms with Gasteiger partial charge in [0.1, 0.15) is 11.5 Å². The molecule has 2 nitrogen and oxygen atoms in total. The predicted octanol–water partition coefficient (Wildman–Crippen LogP) is 5.46. The summed E-state index contributed by atoms with van der Waals surface area (Å²) < 4.78 is 11.0. The van der Waals surface area contributed by atoms with Gasteiger partial charge in [-0.15, -0.1) is 0 Å². The van der Waals surface area contributed by atoms with E-state index in [0.29, 0.717) is 0 Å². The third-order valence-corrected chi connectivity index (χ3v) is 4.30. The maximum atomic E-state index is 5.52. The van der Waals surface area contributed by atoms with Crippen LogP contribution in [0, 0.1) is 12.8 Å². The summed E-state index contributed by atoms with van der Waals surface area (Å²) in [7, 11) is 3.48. The lowest BCUT2D eigenvalue weighted by Crippen LogP contribution is -2.08. The molecule has 0 amide bonds. The largest absolute Gasteiger partial charge is 0.496 e. The van der Waals surface area contributed by atoms with E-state index >= 15 is 0 Å². The van der Waals surface area contributed by atoms with Gasteiger partial charge in [-0.1, -0.05) is 62.6 Å². The molecule has 0 spiro atoms. The molecular weight excluding hydrogens is 296 g/mol. The maximum Gasteiger partial charge on any atom is 0.122 e. The van der Waals surface area contributed by atoms with Crippen LogP contribution in [0.2, 0.25) is 0 Å². The number of hydrogen-bond donors (Lipinski definition) is 0. The zero-order chi connectivity index (χ0) is 17.2. The first-order valence-electron chi connectivity index (χ1n) is 8.65. The summed E-state index contributed by atoms with van der Waals surface area (Å²) in [5.74, 6) is 3.44. The van der Waals surface area contributed by atoms with Crippen LogP contribution in [0.25, 0.3) is 0 Å². The Morgan fingerprint density at radius 2 is 1.29 bits per heavy atom. The van der Waals surface area contributed by atoms with Crippen molar-refractivity contribution in [3.05, 3.63) is 72.5 Å². The van der Waals surface area contributed by atoms with Gasteiger partial charge in [0, 0.05) is 0 Å². The van der Waals surface area contributed by atoms with Crippen LogP contribution in [0.3, 0.4) is 0 Å². The molecule has 0 aliphatic rings. The second kappa shape index (κ2) is 10.0. The minimum Gasteiger partial charge on any atom is -0.496 e. The molecule has 2 heteroatoms. The van der Waals surface area contributed by atoms with Gasteiger partial charge in [0.25, 0.3) is 0 Å². The molecule has 0 bridgehead atoms. The molecule has 0 unspecified atom stereocenters. The van der Waals surface area contributed by atoms with Crippen LogP contribution >= 0.6 is 0 Å². The maximum absolute atomic E-state index is 5.52. The Hall–Kier alpha value is -1.96. The molecule has 0 aromatic heterocycles. The van der Waals surface area contributed by atoms with E-state index in [0.717, 1.165) is 37.2 Å². The van der Waals surface area contributed by atoms with Crippen molar-refractivity contribution in [3.8, 4) is 11.5 Å². The summed E-state index contributed by atoms with van der Waals surface area (Å²) in [6.07, 6.45) is 6.35. The predicted molar refractivity (Wildman–Crippen MR) is 100 cm³/mol. The van der Waals surface area contributed by atoms with Crippen molar-refractivity contribution in [2.75, 3.05) is 14.2 Å². The highest BCUT2D eigenvalue weighted by Crippen LogP contribution is 2.30. The second-order valence-electron chi connectivity index (χ2n) is 6.04. The summed E-state index contributed by atoms with van der Waals surface area (Å²) >= 11 is 0. The van der Waals surface area contributed by atoms with E-state index in [1.54, 1.807) is 14.2 Å². The third kappa shape index (κ3) is 5.30. The van der Waals surface area contributed by atoms with Crippen LogP contribution in [0.4, 0.5) is 0 Å². The van der Waals surface area contributed by atoms with Gasteiger partial charge in [-0.05, 0) is 48.4 Å². The Balaban J connectivity index is 2.14. The zero-order valence-electron chi connectivity index (χ0n) is 14.9. The van der Waals surface area contributed by atoms with Gasteiger partial charge >= 0.3 is 0 Å². The molecule has 128 valence electrons. The number of rotatable bonds is 10. The minimum absolute atomic E-state index is 0.944. The molecule has 0 saturated carbocycles. The highest BCUT2D eigenvalue weighted by molar-refractivity contribution is 5.39. The van der Waals surface area contributed by atoms with Crippen LogP contribution in [-0.4, -0.2) is 14.2 Å². The molecule has 0 N–H and O–H groups in total. The lowest BCUT2D eigenvalue weighted by molar-refractivity contribution is 0.406. The first-order chi connectivity index (χ1) is 11.8. The smallest absolute Gasteiger partial charge is 0.122 e. The highest BCUT2D eigenvalue weighted by Gasteiger charge is 2.16. The SMILES string of the molecule is [CH2]CCCC[C](Cc1ccccc1OC)Cc1ccccc1OC. The van der Waals surface area contributed by atoms with Crippen molar-refractivity contribution in [1.82, 2.24) is 0 Å². The van der Waals surface area contributed by atoms with Crippen LogP contribution < -0.4 is 9.47 Å². The van der Waals surface area contributed by atoms with Gasteiger partial charge in [-0.2, -0.15) is 0 Å². The molecule has 2 rings (SSSR count). The molecule has 0 aliphatic heterocycles. The zero-order valence-corrected chi connectivity index (χ0v) is 14.9. The number of ether oxygens (including phenoxy) is 2. The Bertz CT molecular complexity index is 557. The van der Waals surface area contributed by atoms with Crippen molar-refractivity contribution in [3.63, 3.8) is 0 Å². The van der Waals surface area contributed by atoms with E-state index in [4.69, 9.17) is 9.47 Å². The number of hydrogen-bond acceptors (Lipinski definition) is 2. The summed E-state index contributed by atoms with van der Waals surface area (Å²) in [4.78, 5) is 0. The normalized spacial score (nSPS) is 10.8. The molecule has 24 heavy (non-hydrogen) atoms. The monoisotopic (exact) mass is 324 g/mol. The van der Waals surface area contributed by atoms with Crippen LogP contribution in [-0.2, 0) is 12.8 Å². The van der Waals surface area contributed by atoms with Gasteiger partial charge in [0.2, 0.25) is 0 Å². The Morgan fingerprint density at radius 1 is 0.792 bits per heavy atom. The van der Waals surface area contributed by atoms with Gasteiger partial charge in [0.15, 0.2) is 0 Å². The Kier molecular flexibility index (Phi) is 7.67. The molecule has 2 aromatic rings. The topological polar surface area (TPSA) is 18.5 Å². The lowest BCUT2D eigenvalue weighted by atomic mass is 9.87. The summed E-state index contributed by atoms with van der Waals surface area (Å²) in [5, 5.41) is 0. The fourth-order valence-corrected chi connectivity index (χ4v) is 3.03. The van der Waals surface area contributed by atoms with Gasteiger partial charge in [-0.25, -0.2) is 0 Å². The number of unbranched alkanes of at least 4 members (excludes halogenated alkanes) is 2. The average Bonchev–Trinajstić information content (AvgIpc) is 2.62. The fraction of sp³-hybridized carbons (Fsp3) is 0.364. The van der Waals surface area contributed by atoms with E-state index in [1.807, 2.05) is 24.3 Å². The molecule has 2 aromatic carbocycles.